The van der Waals surface area contributed by atoms with Crippen LogP contribution >= 0.6 is 0 Å². The van der Waals surface area contributed by atoms with Crippen LogP contribution in [0.25, 0.3) is 0 Å². The highest BCUT2D eigenvalue weighted by atomic mass is 16.2. The first-order chi connectivity index (χ1) is 5.78. The van der Waals surface area contributed by atoms with Crippen LogP contribution in [0.4, 0.5) is 0 Å². The lowest BCUT2D eigenvalue weighted by atomic mass is 9.91. The zero-order valence-electron chi connectivity index (χ0n) is 9.85. The number of hydrogen-bond acceptors (Lipinski definition) is 1. The Morgan fingerprint density at radius 2 is 1.77 bits per heavy atom. The molecule has 78 valence electrons. The highest BCUT2D eigenvalue weighted by Gasteiger charge is 2.21. The maximum absolute atomic E-state index is 11.8. The summed E-state index contributed by atoms with van der Waals surface area (Å²) in [5, 5.41) is 0. The van der Waals surface area contributed by atoms with Crippen molar-refractivity contribution in [3.8, 4) is 0 Å². The van der Waals surface area contributed by atoms with E-state index < -0.39 is 0 Å². The summed E-state index contributed by atoms with van der Waals surface area (Å²) >= 11 is 0. The largest absolute Gasteiger partial charge is 0.341 e. The molecule has 2 heteroatoms. The first kappa shape index (κ1) is 12.5. The van der Waals surface area contributed by atoms with Gasteiger partial charge >= 0.3 is 0 Å². The molecule has 0 aliphatic heterocycles. The van der Waals surface area contributed by atoms with E-state index in [0.717, 1.165) is 6.54 Å². The van der Waals surface area contributed by atoms with Crippen molar-refractivity contribution >= 4 is 5.91 Å². The van der Waals surface area contributed by atoms with Crippen LogP contribution in [0.1, 0.15) is 48.0 Å². The number of carbonyl (C=O) groups is 1. The lowest BCUT2D eigenvalue weighted by molar-refractivity contribution is -0.134. The zero-order chi connectivity index (χ0) is 10.6. The van der Waals surface area contributed by atoms with E-state index in [0.29, 0.717) is 12.5 Å². The van der Waals surface area contributed by atoms with Crippen molar-refractivity contribution in [2.45, 2.75) is 54.0 Å². The molecular formula is C11H23NO. The fourth-order valence-electron chi connectivity index (χ4n) is 1.38. The molecule has 0 radical (unpaired) electrons. The van der Waals surface area contributed by atoms with Gasteiger partial charge in [-0.1, -0.05) is 20.8 Å². The Kier molecular flexibility index (Phi) is 4.45. The molecule has 0 bridgehead atoms. The number of carbonyl (C=O) groups excluding carboxylic acids is 1. The van der Waals surface area contributed by atoms with Gasteiger partial charge in [-0.25, -0.2) is 0 Å². The van der Waals surface area contributed by atoms with Gasteiger partial charge in [-0.2, -0.15) is 0 Å². The van der Waals surface area contributed by atoms with Gasteiger partial charge in [-0.15, -0.1) is 0 Å². The number of rotatable bonds is 3. The summed E-state index contributed by atoms with van der Waals surface area (Å²) in [5.41, 5.74) is 0.0966. The Morgan fingerprint density at radius 1 is 1.31 bits per heavy atom. The van der Waals surface area contributed by atoms with E-state index in [1.165, 1.54) is 0 Å². The Hall–Kier alpha value is -0.530. The molecular weight excluding hydrogens is 162 g/mol. The zero-order valence-corrected chi connectivity index (χ0v) is 9.85. The van der Waals surface area contributed by atoms with Crippen molar-refractivity contribution < 1.29 is 4.79 Å². The lowest BCUT2D eigenvalue weighted by Gasteiger charge is -2.28. The number of amides is 1. The predicted molar refractivity (Wildman–Crippen MR) is 56.6 cm³/mol. The normalized spacial score (nSPS) is 11.9. The fraction of sp³-hybridized carbons (Fsp3) is 0.909. The molecule has 0 fully saturated rings. The Morgan fingerprint density at radius 3 is 2.00 bits per heavy atom. The monoisotopic (exact) mass is 185 g/mol. The van der Waals surface area contributed by atoms with Gasteiger partial charge in [-0.05, 0) is 26.2 Å². The first-order valence-corrected chi connectivity index (χ1v) is 5.07. The smallest absolute Gasteiger partial charge is 0.223 e. The van der Waals surface area contributed by atoms with Crippen molar-refractivity contribution in [2.24, 2.45) is 5.41 Å². The third-order valence-corrected chi connectivity index (χ3v) is 1.97. The van der Waals surface area contributed by atoms with Crippen LogP contribution in [-0.4, -0.2) is 23.4 Å². The van der Waals surface area contributed by atoms with Crippen LogP contribution < -0.4 is 0 Å². The van der Waals surface area contributed by atoms with Crippen molar-refractivity contribution in [3.63, 3.8) is 0 Å². The first-order valence-electron chi connectivity index (χ1n) is 5.07. The van der Waals surface area contributed by atoms with Crippen molar-refractivity contribution in [3.05, 3.63) is 0 Å². The fourth-order valence-corrected chi connectivity index (χ4v) is 1.38. The van der Waals surface area contributed by atoms with Crippen LogP contribution in [0.3, 0.4) is 0 Å². The molecule has 13 heavy (non-hydrogen) atoms. The molecule has 0 aromatic carbocycles. The standard InChI is InChI=1S/C11H23NO/c1-7-12(9(2)3)10(13)8-11(4,5)6/h9H,7-8H2,1-6H3. The second-order valence-corrected chi connectivity index (χ2v) is 5.01. The average molecular weight is 185 g/mol. The second kappa shape index (κ2) is 4.64. The maximum Gasteiger partial charge on any atom is 0.223 e. The summed E-state index contributed by atoms with van der Waals surface area (Å²) in [6.07, 6.45) is 0.638. The van der Waals surface area contributed by atoms with Gasteiger partial charge < -0.3 is 4.90 Å². The highest BCUT2D eigenvalue weighted by molar-refractivity contribution is 5.77. The quantitative estimate of drug-likeness (QED) is 0.662. The van der Waals surface area contributed by atoms with Gasteiger partial charge in [0, 0.05) is 19.0 Å². The van der Waals surface area contributed by atoms with Crippen molar-refractivity contribution in [2.75, 3.05) is 6.54 Å². The maximum atomic E-state index is 11.8. The van der Waals surface area contributed by atoms with Crippen LogP contribution in [0, 0.1) is 5.41 Å². The van der Waals surface area contributed by atoms with Crippen molar-refractivity contribution in [1.82, 2.24) is 4.90 Å². The lowest BCUT2D eigenvalue weighted by Crippen LogP contribution is -2.38. The van der Waals surface area contributed by atoms with E-state index in [1.54, 1.807) is 0 Å². The molecule has 0 saturated heterocycles. The SMILES string of the molecule is CCN(C(=O)CC(C)(C)C)C(C)C. The van der Waals surface area contributed by atoms with Gasteiger partial charge in [0.1, 0.15) is 0 Å². The number of hydrogen-bond donors (Lipinski definition) is 0. The van der Waals surface area contributed by atoms with Gasteiger partial charge in [-0.3, -0.25) is 4.79 Å². The van der Waals surface area contributed by atoms with Crippen molar-refractivity contribution in [1.29, 1.82) is 0 Å². The molecule has 0 rings (SSSR count). The summed E-state index contributed by atoms with van der Waals surface area (Å²) in [4.78, 5) is 13.7. The van der Waals surface area contributed by atoms with Crippen LogP contribution in [0.5, 0.6) is 0 Å². The summed E-state index contributed by atoms with van der Waals surface area (Å²) < 4.78 is 0. The van der Waals surface area contributed by atoms with E-state index in [2.05, 4.69) is 34.6 Å². The predicted octanol–water partition coefficient (Wildman–Crippen LogP) is 2.68. The van der Waals surface area contributed by atoms with E-state index in [4.69, 9.17) is 0 Å². The Balaban J connectivity index is 4.23. The molecule has 0 N–H and O–H groups in total. The molecule has 0 aliphatic carbocycles. The molecule has 2 nitrogen and oxygen atoms in total. The average Bonchev–Trinajstić information content (AvgIpc) is 1.82. The number of nitrogens with zero attached hydrogens (tertiary/aromatic N) is 1. The van der Waals surface area contributed by atoms with Gasteiger partial charge in [0.2, 0.25) is 5.91 Å². The molecule has 0 unspecified atom stereocenters. The minimum atomic E-state index is 0.0966. The van der Waals surface area contributed by atoms with Crippen LogP contribution in [-0.2, 0) is 4.79 Å². The molecule has 1 amide bonds. The van der Waals surface area contributed by atoms with E-state index in [9.17, 15) is 4.79 Å². The van der Waals surface area contributed by atoms with E-state index in [1.807, 2.05) is 11.8 Å². The van der Waals surface area contributed by atoms with Gasteiger partial charge in [0.15, 0.2) is 0 Å². The highest BCUT2D eigenvalue weighted by Crippen LogP contribution is 2.20. The van der Waals surface area contributed by atoms with E-state index >= 15 is 0 Å². The summed E-state index contributed by atoms with van der Waals surface area (Å²) in [7, 11) is 0. The molecule has 0 heterocycles. The topological polar surface area (TPSA) is 20.3 Å². The molecule has 0 aromatic heterocycles. The Bertz CT molecular complexity index is 167. The third kappa shape index (κ3) is 4.91. The second-order valence-electron chi connectivity index (χ2n) is 5.01. The molecule has 0 aromatic rings. The molecule has 0 aliphatic rings. The molecule has 0 saturated carbocycles. The summed E-state index contributed by atoms with van der Waals surface area (Å²) in [5.74, 6) is 0.269. The van der Waals surface area contributed by atoms with E-state index in [-0.39, 0.29) is 11.3 Å². The molecule has 0 atom stereocenters. The molecule has 0 spiro atoms. The van der Waals surface area contributed by atoms with Gasteiger partial charge in [0.25, 0.3) is 0 Å². The third-order valence-electron chi connectivity index (χ3n) is 1.97. The Labute approximate surface area is 82.3 Å². The minimum absolute atomic E-state index is 0.0966. The summed E-state index contributed by atoms with van der Waals surface area (Å²) in [6, 6.07) is 0.319. The van der Waals surface area contributed by atoms with Crippen LogP contribution in [0.2, 0.25) is 0 Å². The summed E-state index contributed by atoms with van der Waals surface area (Å²) in [6.45, 7) is 13.2. The van der Waals surface area contributed by atoms with Crippen LogP contribution in [0.15, 0.2) is 0 Å². The minimum Gasteiger partial charge on any atom is -0.341 e. The van der Waals surface area contributed by atoms with Gasteiger partial charge in [0.05, 0.1) is 0 Å².